The molecule has 2 atom stereocenters. The molecule has 0 radical (unpaired) electrons. The quantitative estimate of drug-likeness (QED) is 0.438. The Morgan fingerprint density at radius 1 is 1.36 bits per heavy atom. The van der Waals surface area contributed by atoms with E-state index in [1.807, 2.05) is 0 Å². The lowest BCUT2D eigenvalue weighted by atomic mass is 9.93. The van der Waals surface area contributed by atoms with Crippen molar-refractivity contribution in [2.24, 2.45) is 11.8 Å². The van der Waals surface area contributed by atoms with Gasteiger partial charge in [-0.1, -0.05) is 11.1 Å². The third-order valence-electron chi connectivity index (χ3n) is 3.52. The number of fused-ring (bicyclic) bond motifs is 1. The van der Waals surface area contributed by atoms with E-state index < -0.39 is 0 Å². The number of carbonyl (C=O) groups excluding carboxylic acids is 1. The fourth-order valence-electron chi connectivity index (χ4n) is 2.59. The molecule has 0 N–H and O–H groups in total. The molecule has 2 nitrogen and oxygen atoms in total. The van der Waals surface area contributed by atoms with Gasteiger partial charge in [0.1, 0.15) is 0 Å². The summed E-state index contributed by atoms with van der Waals surface area (Å²) in [5, 5.41) is 0. The van der Waals surface area contributed by atoms with Crippen LogP contribution in [0.2, 0.25) is 0 Å². The lowest BCUT2D eigenvalue weighted by Gasteiger charge is -2.11. The van der Waals surface area contributed by atoms with Crippen molar-refractivity contribution in [2.45, 2.75) is 39.5 Å². The average molecular weight is 194 g/mol. The molecule has 0 spiro atoms. The first-order chi connectivity index (χ1) is 6.68. The standard InChI is InChI=1S/C12H18O2/c1-8(2)10-6-9-4-3-5-14-12(13)11(9)7-10/h9,11H,3-7H2,1-2H3. The molecule has 14 heavy (non-hydrogen) atoms. The predicted molar refractivity (Wildman–Crippen MR) is 54.8 cm³/mol. The Morgan fingerprint density at radius 3 is 2.86 bits per heavy atom. The highest BCUT2D eigenvalue weighted by molar-refractivity contribution is 5.74. The van der Waals surface area contributed by atoms with E-state index in [-0.39, 0.29) is 11.9 Å². The molecule has 2 fully saturated rings. The van der Waals surface area contributed by atoms with Gasteiger partial charge in [-0.2, -0.15) is 0 Å². The minimum absolute atomic E-state index is 0.0451. The molecule has 2 rings (SSSR count). The summed E-state index contributed by atoms with van der Waals surface area (Å²) in [5.74, 6) is 0.779. The first-order valence-corrected chi connectivity index (χ1v) is 5.50. The van der Waals surface area contributed by atoms with Gasteiger partial charge in [-0.25, -0.2) is 0 Å². The average Bonchev–Trinajstić information content (AvgIpc) is 2.49. The molecular weight excluding hydrogens is 176 g/mol. The van der Waals surface area contributed by atoms with Crippen molar-refractivity contribution >= 4 is 5.97 Å². The Balaban J connectivity index is 2.17. The molecule has 0 aromatic heterocycles. The number of allylic oxidation sites excluding steroid dienone is 2. The molecule has 0 amide bonds. The van der Waals surface area contributed by atoms with Gasteiger partial charge in [0.2, 0.25) is 0 Å². The van der Waals surface area contributed by atoms with Gasteiger partial charge in [0, 0.05) is 0 Å². The number of ether oxygens (including phenoxy) is 1. The Kier molecular flexibility index (Phi) is 2.62. The first kappa shape index (κ1) is 9.75. The van der Waals surface area contributed by atoms with Crippen molar-refractivity contribution in [1.82, 2.24) is 0 Å². The van der Waals surface area contributed by atoms with Gasteiger partial charge in [0.25, 0.3) is 0 Å². The first-order valence-electron chi connectivity index (χ1n) is 5.50. The van der Waals surface area contributed by atoms with Gasteiger partial charge >= 0.3 is 5.97 Å². The third kappa shape index (κ3) is 1.70. The molecule has 0 aromatic rings. The molecule has 2 unspecified atom stereocenters. The minimum Gasteiger partial charge on any atom is -0.465 e. The maximum Gasteiger partial charge on any atom is 0.309 e. The van der Waals surface area contributed by atoms with Gasteiger partial charge in [-0.05, 0) is 45.4 Å². The number of hydrogen-bond acceptors (Lipinski definition) is 2. The SMILES string of the molecule is CC(C)=C1CC2CCCOC(=O)C2C1. The van der Waals surface area contributed by atoms with Gasteiger partial charge < -0.3 is 4.74 Å². The minimum atomic E-state index is 0.0451. The largest absolute Gasteiger partial charge is 0.465 e. The zero-order valence-electron chi connectivity index (χ0n) is 9.01. The molecule has 0 bridgehead atoms. The fraction of sp³-hybridized carbons (Fsp3) is 0.750. The van der Waals surface area contributed by atoms with E-state index in [0.29, 0.717) is 12.5 Å². The molecule has 2 heteroatoms. The number of cyclic esters (lactones) is 1. The summed E-state index contributed by atoms with van der Waals surface area (Å²) < 4.78 is 5.18. The van der Waals surface area contributed by atoms with Crippen molar-refractivity contribution in [3.05, 3.63) is 11.1 Å². The maximum absolute atomic E-state index is 11.6. The Morgan fingerprint density at radius 2 is 2.14 bits per heavy atom. The topological polar surface area (TPSA) is 26.3 Å². The van der Waals surface area contributed by atoms with E-state index in [1.165, 1.54) is 11.1 Å². The van der Waals surface area contributed by atoms with Crippen molar-refractivity contribution in [3.8, 4) is 0 Å². The molecule has 1 heterocycles. The van der Waals surface area contributed by atoms with E-state index >= 15 is 0 Å². The van der Waals surface area contributed by atoms with Crippen LogP contribution in [0.5, 0.6) is 0 Å². The molecule has 78 valence electrons. The van der Waals surface area contributed by atoms with Crippen molar-refractivity contribution in [3.63, 3.8) is 0 Å². The van der Waals surface area contributed by atoms with Crippen molar-refractivity contribution in [1.29, 1.82) is 0 Å². The van der Waals surface area contributed by atoms with Crippen LogP contribution in [0.3, 0.4) is 0 Å². The fourth-order valence-corrected chi connectivity index (χ4v) is 2.59. The highest BCUT2D eigenvalue weighted by Crippen LogP contribution is 2.41. The van der Waals surface area contributed by atoms with Gasteiger partial charge in [-0.15, -0.1) is 0 Å². The molecule has 2 aliphatic rings. The summed E-state index contributed by atoms with van der Waals surface area (Å²) >= 11 is 0. The third-order valence-corrected chi connectivity index (χ3v) is 3.52. The van der Waals surface area contributed by atoms with Gasteiger partial charge in [0.15, 0.2) is 0 Å². The zero-order chi connectivity index (χ0) is 10.1. The van der Waals surface area contributed by atoms with Gasteiger partial charge in [0.05, 0.1) is 12.5 Å². The Hall–Kier alpha value is -0.790. The lowest BCUT2D eigenvalue weighted by Crippen LogP contribution is -2.18. The van der Waals surface area contributed by atoms with Crippen LogP contribution in [0, 0.1) is 11.8 Å². The number of carbonyl (C=O) groups is 1. The number of rotatable bonds is 0. The van der Waals surface area contributed by atoms with Crippen LogP contribution in [-0.2, 0) is 9.53 Å². The summed E-state index contributed by atoms with van der Waals surface area (Å²) in [4.78, 5) is 11.6. The molecule has 1 aliphatic carbocycles. The molecule has 1 aliphatic heterocycles. The molecule has 1 saturated carbocycles. The van der Waals surface area contributed by atoms with E-state index in [2.05, 4.69) is 13.8 Å². The van der Waals surface area contributed by atoms with Crippen LogP contribution in [0.1, 0.15) is 39.5 Å². The van der Waals surface area contributed by atoms with Crippen molar-refractivity contribution in [2.75, 3.05) is 6.61 Å². The highest BCUT2D eigenvalue weighted by Gasteiger charge is 2.38. The summed E-state index contributed by atoms with van der Waals surface area (Å²) in [6, 6.07) is 0. The van der Waals surface area contributed by atoms with E-state index in [1.54, 1.807) is 0 Å². The van der Waals surface area contributed by atoms with Gasteiger partial charge in [-0.3, -0.25) is 4.79 Å². The summed E-state index contributed by atoms with van der Waals surface area (Å²) in [7, 11) is 0. The van der Waals surface area contributed by atoms with Crippen LogP contribution < -0.4 is 0 Å². The highest BCUT2D eigenvalue weighted by atomic mass is 16.5. The smallest absolute Gasteiger partial charge is 0.309 e. The number of hydrogen-bond donors (Lipinski definition) is 0. The maximum atomic E-state index is 11.6. The van der Waals surface area contributed by atoms with Crippen LogP contribution in [-0.4, -0.2) is 12.6 Å². The van der Waals surface area contributed by atoms with E-state index in [9.17, 15) is 4.79 Å². The second-order valence-electron chi connectivity index (χ2n) is 4.69. The second kappa shape index (κ2) is 3.76. The monoisotopic (exact) mass is 194 g/mol. The molecule has 1 saturated heterocycles. The van der Waals surface area contributed by atoms with Crippen LogP contribution >= 0.6 is 0 Å². The van der Waals surface area contributed by atoms with Crippen LogP contribution in [0.25, 0.3) is 0 Å². The number of esters is 1. The summed E-state index contributed by atoms with van der Waals surface area (Å²) in [6.07, 6.45) is 4.28. The zero-order valence-corrected chi connectivity index (χ0v) is 9.01. The van der Waals surface area contributed by atoms with Crippen LogP contribution in [0.4, 0.5) is 0 Å². The molecular formula is C12H18O2. The Labute approximate surface area is 85.3 Å². The van der Waals surface area contributed by atoms with E-state index in [0.717, 1.165) is 25.7 Å². The van der Waals surface area contributed by atoms with E-state index in [4.69, 9.17) is 4.74 Å². The van der Waals surface area contributed by atoms with Crippen LogP contribution in [0.15, 0.2) is 11.1 Å². The normalized spacial score (nSPS) is 32.1. The molecule has 0 aromatic carbocycles. The lowest BCUT2D eigenvalue weighted by molar-refractivity contribution is -0.147. The predicted octanol–water partition coefficient (Wildman–Crippen LogP) is 2.69. The second-order valence-corrected chi connectivity index (χ2v) is 4.69. The summed E-state index contributed by atoms with van der Waals surface area (Å²) in [6.45, 7) is 4.92. The van der Waals surface area contributed by atoms with Crippen molar-refractivity contribution < 1.29 is 9.53 Å². The summed E-state index contributed by atoms with van der Waals surface area (Å²) in [5.41, 5.74) is 2.88. The Bertz CT molecular complexity index is 274.